The molecule has 0 unspecified atom stereocenters. The molecular weight excluding hydrogens is 419 g/mol. The third kappa shape index (κ3) is 4.53. The molecule has 7 nitrogen and oxygen atoms in total. The van der Waals surface area contributed by atoms with Crippen LogP contribution in [0.2, 0.25) is 0 Å². The van der Waals surface area contributed by atoms with Crippen molar-refractivity contribution < 1.29 is 13.2 Å². The molecule has 0 fully saturated rings. The topological polar surface area (TPSA) is 80.6 Å². The van der Waals surface area contributed by atoms with Crippen molar-refractivity contribution in [3.63, 3.8) is 0 Å². The highest BCUT2D eigenvalue weighted by Gasteiger charge is 2.29. The Balaban J connectivity index is 1.40. The molecule has 0 radical (unpaired) electrons. The molecule has 1 atom stereocenters. The molecule has 4 aromatic rings. The molecule has 3 heterocycles. The van der Waals surface area contributed by atoms with Gasteiger partial charge in [-0.05, 0) is 37.3 Å². The SMILES string of the molecule is C=C(N[C@H](C)c1cnc(Nc2ccc(C(F)(F)F)cc2)cn1)c1cc2c(cn1)ncn2C. The van der Waals surface area contributed by atoms with Gasteiger partial charge < -0.3 is 15.2 Å². The molecule has 0 saturated heterocycles. The quantitative estimate of drug-likeness (QED) is 0.447. The largest absolute Gasteiger partial charge is 0.416 e. The number of benzene rings is 1. The van der Waals surface area contributed by atoms with Gasteiger partial charge in [0.05, 0.1) is 59.1 Å². The summed E-state index contributed by atoms with van der Waals surface area (Å²) in [6.45, 7) is 5.98. The van der Waals surface area contributed by atoms with Crippen LogP contribution >= 0.6 is 0 Å². The van der Waals surface area contributed by atoms with Crippen molar-refractivity contribution in [3.8, 4) is 0 Å². The third-order valence-electron chi connectivity index (χ3n) is 4.91. The van der Waals surface area contributed by atoms with Crippen molar-refractivity contribution in [1.29, 1.82) is 0 Å². The first-order valence-electron chi connectivity index (χ1n) is 9.70. The Kier molecular flexibility index (Phi) is 5.52. The first-order valence-corrected chi connectivity index (χ1v) is 9.70. The zero-order valence-corrected chi connectivity index (χ0v) is 17.4. The number of anilines is 2. The van der Waals surface area contributed by atoms with Gasteiger partial charge in [0.25, 0.3) is 0 Å². The van der Waals surface area contributed by atoms with E-state index in [9.17, 15) is 13.2 Å². The number of aryl methyl sites for hydroxylation is 1. The van der Waals surface area contributed by atoms with Gasteiger partial charge in [0, 0.05) is 12.7 Å². The van der Waals surface area contributed by atoms with Crippen molar-refractivity contribution in [2.45, 2.75) is 19.1 Å². The molecule has 0 bridgehead atoms. The maximum absolute atomic E-state index is 12.7. The third-order valence-corrected chi connectivity index (χ3v) is 4.91. The molecule has 3 aromatic heterocycles. The van der Waals surface area contributed by atoms with E-state index >= 15 is 0 Å². The van der Waals surface area contributed by atoms with E-state index < -0.39 is 11.7 Å². The molecule has 0 aliphatic heterocycles. The van der Waals surface area contributed by atoms with Gasteiger partial charge in [0.2, 0.25) is 0 Å². The van der Waals surface area contributed by atoms with Gasteiger partial charge in [0.15, 0.2) is 0 Å². The fourth-order valence-electron chi connectivity index (χ4n) is 3.12. The first kappa shape index (κ1) is 21.3. The molecule has 0 amide bonds. The highest BCUT2D eigenvalue weighted by atomic mass is 19.4. The number of imidazole rings is 1. The molecule has 4 rings (SSSR count). The van der Waals surface area contributed by atoms with Gasteiger partial charge in [-0.1, -0.05) is 6.58 Å². The van der Waals surface area contributed by atoms with Gasteiger partial charge in [-0.15, -0.1) is 0 Å². The summed E-state index contributed by atoms with van der Waals surface area (Å²) < 4.78 is 39.9. The Morgan fingerprint density at radius 1 is 1.03 bits per heavy atom. The smallest absolute Gasteiger partial charge is 0.376 e. The summed E-state index contributed by atoms with van der Waals surface area (Å²) in [6.07, 6.45) is 2.17. The second-order valence-electron chi connectivity index (χ2n) is 7.28. The summed E-state index contributed by atoms with van der Waals surface area (Å²) in [5.74, 6) is 0.419. The number of aromatic nitrogens is 5. The molecule has 2 N–H and O–H groups in total. The minimum atomic E-state index is -4.37. The van der Waals surface area contributed by atoms with Gasteiger partial charge in [-0.25, -0.2) is 9.97 Å². The molecule has 32 heavy (non-hydrogen) atoms. The van der Waals surface area contributed by atoms with Gasteiger partial charge in [-0.3, -0.25) is 9.97 Å². The number of nitrogens with zero attached hydrogens (tertiary/aromatic N) is 5. The fourth-order valence-corrected chi connectivity index (χ4v) is 3.12. The average Bonchev–Trinajstić information content (AvgIpc) is 3.14. The predicted molar refractivity (Wildman–Crippen MR) is 116 cm³/mol. The number of hydrogen-bond donors (Lipinski definition) is 2. The Labute approximate surface area is 182 Å². The van der Waals surface area contributed by atoms with E-state index in [1.165, 1.54) is 18.3 Å². The molecular formula is C22H20F3N7. The Bertz CT molecular complexity index is 1250. The minimum absolute atomic E-state index is 0.195. The molecule has 0 spiro atoms. The minimum Gasteiger partial charge on any atom is -0.376 e. The number of halogens is 3. The van der Waals surface area contributed by atoms with Crippen LogP contribution in [-0.4, -0.2) is 24.5 Å². The lowest BCUT2D eigenvalue weighted by Gasteiger charge is -2.16. The zero-order chi connectivity index (χ0) is 22.9. The van der Waals surface area contributed by atoms with Crippen LogP contribution in [0.4, 0.5) is 24.7 Å². The molecule has 10 heteroatoms. The van der Waals surface area contributed by atoms with E-state index in [0.29, 0.717) is 28.6 Å². The molecule has 0 aliphatic rings. The van der Waals surface area contributed by atoms with E-state index in [0.717, 1.165) is 23.2 Å². The predicted octanol–water partition coefficient (Wildman–Crippen LogP) is 4.84. The number of nitrogens with one attached hydrogen (secondary N) is 2. The number of hydrogen-bond acceptors (Lipinski definition) is 6. The van der Waals surface area contributed by atoms with Crippen LogP contribution in [0.3, 0.4) is 0 Å². The maximum Gasteiger partial charge on any atom is 0.416 e. The number of fused-ring (bicyclic) bond motifs is 1. The van der Waals surface area contributed by atoms with Crippen LogP contribution in [-0.2, 0) is 13.2 Å². The molecule has 0 aliphatic carbocycles. The van der Waals surface area contributed by atoms with Gasteiger partial charge in [0.1, 0.15) is 11.3 Å². The second kappa shape index (κ2) is 8.29. The lowest BCUT2D eigenvalue weighted by Crippen LogP contribution is -2.18. The molecule has 164 valence electrons. The van der Waals surface area contributed by atoms with E-state index in [1.807, 2.05) is 24.6 Å². The summed E-state index contributed by atoms with van der Waals surface area (Å²) in [5.41, 5.74) is 3.53. The van der Waals surface area contributed by atoms with Crippen molar-refractivity contribution in [2.75, 3.05) is 5.32 Å². The highest BCUT2D eigenvalue weighted by molar-refractivity contribution is 5.78. The van der Waals surface area contributed by atoms with Crippen LogP contribution in [0.5, 0.6) is 0 Å². The van der Waals surface area contributed by atoms with E-state index in [-0.39, 0.29) is 6.04 Å². The summed E-state index contributed by atoms with van der Waals surface area (Å²) in [4.78, 5) is 17.3. The van der Waals surface area contributed by atoms with Crippen LogP contribution < -0.4 is 10.6 Å². The first-order chi connectivity index (χ1) is 15.2. The standard InChI is InChI=1S/C22H20F3N7/c1-13(17-8-20-19(10-26-17)29-12-32(20)3)30-14(2)18-9-28-21(11-27-18)31-16-6-4-15(5-7-16)22(23,24)25/h4-12,14,30H,1H2,2-3H3,(H,28,31)/t14-/m1/s1. The summed E-state index contributed by atoms with van der Waals surface area (Å²) in [6, 6.07) is 6.43. The van der Waals surface area contributed by atoms with Crippen molar-refractivity contribution in [3.05, 3.63) is 78.8 Å². The Morgan fingerprint density at radius 2 is 1.78 bits per heavy atom. The number of alkyl halides is 3. The van der Waals surface area contributed by atoms with Crippen LogP contribution in [0, 0.1) is 0 Å². The summed E-state index contributed by atoms with van der Waals surface area (Å²) >= 11 is 0. The van der Waals surface area contributed by atoms with E-state index in [4.69, 9.17) is 0 Å². The monoisotopic (exact) mass is 439 g/mol. The summed E-state index contributed by atoms with van der Waals surface area (Å²) in [7, 11) is 1.91. The van der Waals surface area contributed by atoms with Crippen molar-refractivity contribution >= 4 is 28.2 Å². The molecule has 1 aromatic carbocycles. The lowest BCUT2D eigenvalue weighted by atomic mass is 10.2. The Morgan fingerprint density at radius 3 is 2.44 bits per heavy atom. The van der Waals surface area contributed by atoms with Gasteiger partial charge >= 0.3 is 6.18 Å². The molecule has 0 saturated carbocycles. The average molecular weight is 439 g/mol. The van der Waals surface area contributed by atoms with Crippen LogP contribution in [0.1, 0.15) is 29.9 Å². The normalized spacial score (nSPS) is 12.5. The van der Waals surface area contributed by atoms with Crippen molar-refractivity contribution in [1.82, 2.24) is 29.8 Å². The highest BCUT2D eigenvalue weighted by Crippen LogP contribution is 2.30. The van der Waals surface area contributed by atoms with E-state index in [2.05, 4.69) is 37.1 Å². The van der Waals surface area contributed by atoms with Crippen LogP contribution in [0.25, 0.3) is 16.7 Å². The zero-order valence-electron chi connectivity index (χ0n) is 17.4. The summed E-state index contributed by atoms with van der Waals surface area (Å²) in [5, 5.41) is 6.20. The lowest BCUT2D eigenvalue weighted by molar-refractivity contribution is -0.137. The van der Waals surface area contributed by atoms with Crippen molar-refractivity contribution in [2.24, 2.45) is 7.05 Å². The number of rotatable bonds is 6. The number of pyridine rings is 1. The van der Waals surface area contributed by atoms with Gasteiger partial charge in [-0.2, -0.15) is 13.2 Å². The Hall–Kier alpha value is -3.95. The van der Waals surface area contributed by atoms with E-state index in [1.54, 1.807) is 18.7 Å². The fraction of sp³-hybridized carbons (Fsp3) is 0.182. The maximum atomic E-state index is 12.7. The van der Waals surface area contributed by atoms with Crippen LogP contribution in [0.15, 0.2) is 61.8 Å². The second-order valence-corrected chi connectivity index (χ2v) is 7.28.